The molecule has 1 amide bonds. The normalized spacial score (nSPS) is 11.7. The fourth-order valence-electron chi connectivity index (χ4n) is 3.84. The predicted molar refractivity (Wildman–Crippen MR) is 132 cm³/mol. The first kappa shape index (κ1) is 24.7. The molecule has 0 bridgehead atoms. The summed E-state index contributed by atoms with van der Waals surface area (Å²) in [6, 6.07) is 13.1. The minimum atomic E-state index is -0.139. The number of aryl methyl sites for hydroxylation is 3. The molecular formula is C27H38N2O2. The molecular weight excluding hydrogens is 384 g/mol. The van der Waals surface area contributed by atoms with Crippen LogP contribution in [0.4, 0.5) is 5.69 Å². The number of nitrogens with zero attached hydrogens (tertiary/aromatic N) is 1. The zero-order valence-electron chi connectivity index (χ0n) is 20.2. The number of rotatable bonds is 10. The van der Waals surface area contributed by atoms with Crippen LogP contribution in [0.2, 0.25) is 0 Å². The topological polar surface area (TPSA) is 41.6 Å². The van der Waals surface area contributed by atoms with E-state index in [1.807, 2.05) is 30.3 Å². The van der Waals surface area contributed by atoms with Crippen LogP contribution >= 0.6 is 0 Å². The van der Waals surface area contributed by atoms with Gasteiger partial charge in [0.25, 0.3) is 0 Å². The van der Waals surface area contributed by atoms with E-state index in [0.717, 1.165) is 42.0 Å². The van der Waals surface area contributed by atoms with Gasteiger partial charge in [-0.05, 0) is 107 Å². The molecule has 0 radical (unpaired) electrons. The van der Waals surface area contributed by atoms with E-state index in [4.69, 9.17) is 4.74 Å². The third-order valence-electron chi connectivity index (χ3n) is 5.70. The second-order valence-corrected chi connectivity index (χ2v) is 8.72. The third kappa shape index (κ3) is 7.55. The number of nitrogens with one attached hydrogen (secondary N) is 1. The Morgan fingerprint density at radius 1 is 1.03 bits per heavy atom. The van der Waals surface area contributed by atoms with Gasteiger partial charge in [-0.25, -0.2) is 0 Å². The SMILES string of the molecule is COc1ccc(NC(=O)C=Cc2ccc(C)c(C)c2)cc1CCCN(C(C)C)C(C)C. The van der Waals surface area contributed by atoms with Gasteiger partial charge in [0.05, 0.1) is 7.11 Å². The van der Waals surface area contributed by atoms with Gasteiger partial charge in [0, 0.05) is 23.8 Å². The number of carbonyl (C=O) groups is 1. The molecule has 0 spiro atoms. The number of methoxy groups -OCH3 is 1. The van der Waals surface area contributed by atoms with Gasteiger partial charge < -0.3 is 10.1 Å². The molecule has 0 saturated heterocycles. The Morgan fingerprint density at radius 2 is 1.74 bits per heavy atom. The van der Waals surface area contributed by atoms with Gasteiger partial charge in [-0.2, -0.15) is 0 Å². The largest absolute Gasteiger partial charge is 0.496 e. The number of benzene rings is 2. The van der Waals surface area contributed by atoms with Crippen LogP contribution in [0, 0.1) is 13.8 Å². The first-order chi connectivity index (χ1) is 14.7. The van der Waals surface area contributed by atoms with E-state index in [0.29, 0.717) is 12.1 Å². The molecule has 1 N–H and O–H groups in total. The zero-order valence-corrected chi connectivity index (χ0v) is 20.2. The van der Waals surface area contributed by atoms with Crippen molar-refractivity contribution in [3.8, 4) is 5.75 Å². The van der Waals surface area contributed by atoms with E-state index in [9.17, 15) is 4.79 Å². The fraction of sp³-hybridized carbons (Fsp3) is 0.444. The van der Waals surface area contributed by atoms with Crippen LogP contribution in [0.1, 0.15) is 56.4 Å². The molecule has 4 heteroatoms. The molecule has 0 aliphatic rings. The Labute approximate surface area is 188 Å². The highest BCUT2D eigenvalue weighted by Crippen LogP contribution is 2.24. The molecule has 2 aromatic rings. The molecule has 0 aliphatic heterocycles. The monoisotopic (exact) mass is 422 g/mol. The van der Waals surface area contributed by atoms with Crippen molar-refractivity contribution in [2.75, 3.05) is 19.0 Å². The lowest BCUT2D eigenvalue weighted by Gasteiger charge is -2.30. The fourth-order valence-corrected chi connectivity index (χ4v) is 3.84. The minimum Gasteiger partial charge on any atom is -0.496 e. The van der Waals surface area contributed by atoms with Gasteiger partial charge in [0.15, 0.2) is 0 Å². The van der Waals surface area contributed by atoms with Crippen molar-refractivity contribution < 1.29 is 9.53 Å². The van der Waals surface area contributed by atoms with Crippen molar-refractivity contribution in [2.24, 2.45) is 0 Å². The van der Waals surface area contributed by atoms with Gasteiger partial charge in [-0.15, -0.1) is 0 Å². The number of hydrogen-bond acceptors (Lipinski definition) is 3. The van der Waals surface area contributed by atoms with Gasteiger partial charge in [-0.1, -0.05) is 18.2 Å². The number of carbonyl (C=O) groups excluding carboxylic acids is 1. The smallest absolute Gasteiger partial charge is 0.248 e. The highest BCUT2D eigenvalue weighted by atomic mass is 16.5. The van der Waals surface area contributed by atoms with E-state index >= 15 is 0 Å². The highest BCUT2D eigenvalue weighted by molar-refractivity contribution is 6.02. The van der Waals surface area contributed by atoms with Gasteiger partial charge in [0.2, 0.25) is 5.91 Å². The van der Waals surface area contributed by atoms with E-state index in [-0.39, 0.29) is 5.91 Å². The lowest BCUT2D eigenvalue weighted by molar-refractivity contribution is -0.111. The lowest BCUT2D eigenvalue weighted by atomic mass is 10.1. The molecule has 4 nitrogen and oxygen atoms in total. The maximum Gasteiger partial charge on any atom is 0.248 e. The summed E-state index contributed by atoms with van der Waals surface area (Å²) < 4.78 is 5.54. The maximum absolute atomic E-state index is 12.4. The standard InChI is InChI=1S/C27H38N2O2/c1-19(2)29(20(3)4)16-8-9-24-18-25(13-14-26(24)31-7)28-27(30)15-12-23-11-10-21(5)22(6)17-23/h10-15,17-20H,8-9,16H2,1-7H3,(H,28,30). The summed E-state index contributed by atoms with van der Waals surface area (Å²) in [4.78, 5) is 14.9. The van der Waals surface area contributed by atoms with E-state index in [2.05, 4.69) is 63.9 Å². The number of amides is 1. The summed E-state index contributed by atoms with van der Waals surface area (Å²) in [5, 5.41) is 2.97. The molecule has 0 atom stereocenters. The van der Waals surface area contributed by atoms with Crippen molar-refractivity contribution in [2.45, 2.75) is 66.5 Å². The van der Waals surface area contributed by atoms with E-state index in [1.54, 1.807) is 13.2 Å². The van der Waals surface area contributed by atoms with Crippen LogP contribution < -0.4 is 10.1 Å². The number of ether oxygens (including phenoxy) is 1. The Morgan fingerprint density at radius 3 is 2.35 bits per heavy atom. The number of hydrogen-bond donors (Lipinski definition) is 1. The molecule has 0 heterocycles. The van der Waals surface area contributed by atoms with Crippen LogP contribution in [0.25, 0.3) is 6.08 Å². The molecule has 0 saturated carbocycles. The third-order valence-corrected chi connectivity index (χ3v) is 5.70. The minimum absolute atomic E-state index is 0.139. The second kappa shape index (κ2) is 11.7. The van der Waals surface area contributed by atoms with Crippen LogP contribution in [0.3, 0.4) is 0 Å². The van der Waals surface area contributed by atoms with Gasteiger partial charge in [-0.3, -0.25) is 9.69 Å². The van der Waals surface area contributed by atoms with Crippen molar-refractivity contribution in [3.05, 3.63) is 64.7 Å². The summed E-state index contributed by atoms with van der Waals surface area (Å²) in [6.07, 6.45) is 5.37. The molecule has 0 unspecified atom stereocenters. The van der Waals surface area contributed by atoms with E-state index in [1.165, 1.54) is 11.1 Å². The van der Waals surface area contributed by atoms with Crippen LogP contribution in [0.15, 0.2) is 42.5 Å². The average Bonchev–Trinajstić information content (AvgIpc) is 2.71. The maximum atomic E-state index is 12.4. The average molecular weight is 423 g/mol. The lowest BCUT2D eigenvalue weighted by Crippen LogP contribution is -2.37. The highest BCUT2D eigenvalue weighted by Gasteiger charge is 2.13. The molecule has 168 valence electrons. The first-order valence-electron chi connectivity index (χ1n) is 11.2. The zero-order chi connectivity index (χ0) is 23.0. The van der Waals surface area contributed by atoms with Gasteiger partial charge in [0.1, 0.15) is 5.75 Å². The van der Waals surface area contributed by atoms with E-state index < -0.39 is 0 Å². The molecule has 2 rings (SSSR count). The summed E-state index contributed by atoms with van der Waals surface area (Å²) >= 11 is 0. The molecule has 0 aromatic heterocycles. The van der Waals surface area contributed by atoms with Crippen molar-refractivity contribution >= 4 is 17.7 Å². The first-order valence-corrected chi connectivity index (χ1v) is 11.2. The van der Waals surface area contributed by atoms with Gasteiger partial charge >= 0.3 is 0 Å². The van der Waals surface area contributed by atoms with Crippen LogP contribution in [0.5, 0.6) is 5.75 Å². The summed E-state index contributed by atoms with van der Waals surface area (Å²) in [5.74, 6) is 0.726. The van der Waals surface area contributed by atoms with Crippen molar-refractivity contribution in [1.82, 2.24) is 4.90 Å². The summed E-state index contributed by atoms with van der Waals surface area (Å²) in [6.45, 7) is 14.1. The Bertz CT molecular complexity index is 892. The second-order valence-electron chi connectivity index (χ2n) is 8.72. The van der Waals surface area contributed by atoms with Crippen molar-refractivity contribution in [1.29, 1.82) is 0 Å². The molecule has 31 heavy (non-hydrogen) atoms. The Kier molecular flexibility index (Phi) is 9.32. The van der Waals surface area contributed by atoms with Crippen LogP contribution in [-0.2, 0) is 11.2 Å². The van der Waals surface area contributed by atoms with Crippen LogP contribution in [-0.4, -0.2) is 36.5 Å². The Balaban J connectivity index is 2.02. The number of anilines is 1. The summed E-state index contributed by atoms with van der Waals surface area (Å²) in [5.41, 5.74) is 5.39. The quantitative estimate of drug-likeness (QED) is 0.476. The summed E-state index contributed by atoms with van der Waals surface area (Å²) in [7, 11) is 1.69. The predicted octanol–water partition coefficient (Wildman–Crippen LogP) is 6.02. The molecule has 0 fully saturated rings. The molecule has 0 aliphatic carbocycles. The Hall–Kier alpha value is -2.59. The van der Waals surface area contributed by atoms with Crippen molar-refractivity contribution in [3.63, 3.8) is 0 Å². The molecule has 2 aromatic carbocycles.